The SMILES string of the molecule is CCC12CC1[C@@](C)(c1cc(Nc3nccc4cc(C)cnc34)cc(F)c1F)NC(=NC)S2. The molecular formula is C24H25F2N5S. The van der Waals surface area contributed by atoms with Gasteiger partial charge in [-0.3, -0.25) is 9.98 Å². The first-order valence-electron chi connectivity index (χ1n) is 10.7. The monoisotopic (exact) mass is 453 g/mol. The number of fused-ring (bicyclic) bond motifs is 2. The number of aromatic nitrogens is 2. The average molecular weight is 454 g/mol. The van der Waals surface area contributed by atoms with Gasteiger partial charge in [0.15, 0.2) is 22.6 Å². The lowest BCUT2D eigenvalue weighted by molar-refractivity contribution is 0.336. The number of hydrogen-bond acceptors (Lipinski definition) is 5. The highest BCUT2D eigenvalue weighted by Gasteiger charge is 2.66. The summed E-state index contributed by atoms with van der Waals surface area (Å²) in [6.45, 7) is 6.06. The van der Waals surface area contributed by atoms with E-state index < -0.39 is 17.2 Å². The first-order valence-corrected chi connectivity index (χ1v) is 11.5. The summed E-state index contributed by atoms with van der Waals surface area (Å²) in [5.74, 6) is -1.04. The molecular weight excluding hydrogens is 428 g/mol. The number of thioether (sulfide) groups is 1. The molecule has 5 rings (SSSR count). The van der Waals surface area contributed by atoms with Crippen LogP contribution in [0.2, 0.25) is 0 Å². The third-order valence-corrected chi connectivity index (χ3v) is 8.40. The van der Waals surface area contributed by atoms with Crippen molar-refractivity contribution < 1.29 is 8.78 Å². The maximum Gasteiger partial charge on any atom is 0.164 e. The van der Waals surface area contributed by atoms with Crippen molar-refractivity contribution in [3.63, 3.8) is 0 Å². The number of nitrogens with one attached hydrogen (secondary N) is 2. The second-order valence-electron chi connectivity index (χ2n) is 8.82. The molecule has 0 spiro atoms. The van der Waals surface area contributed by atoms with Crippen molar-refractivity contribution in [2.24, 2.45) is 10.9 Å². The zero-order chi connectivity index (χ0) is 22.7. The molecule has 5 nitrogen and oxygen atoms in total. The van der Waals surface area contributed by atoms with Gasteiger partial charge in [0, 0.05) is 52.8 Å². The van der Waals surface area contributed by atoms with Gasteiger partial charge in [-0.25, -0.2) is 13.8 Å². The molecule has 3 atom stereocenters. The van der Waals surface area contributed by atoms with Crippen LogP contribution in [0.25, 0.3) is 10.9 Å². The molecule has 2 aliphatic rings. The van der Waals surface area contributed by atoms with Gasteiger partial charge in [-0.15, -0.1) is 0 Å². The standard InChI is InChI=1S/C24H25F2N5S/c1-5-24-11-18(24)23(3,31-22(27-4)32-24)16-9-15(10-17(25)19(16)26)30-21-20-14(6-7-28-21)8-13(2)12-29-20/h6-10,12,18H,5,11H2,1-4H3,(H,27,31)(H,28,30)/t18?,23-,24?/m1/s1. The van der Waals surface area contributed by atoms with Gasteiger partial charge >= 0.3 is 0 Å². The predicted octanol–water partition coefficient (Wildman–Crippen LogP) is 5.67. The number of nitrogens with zero attached hydrogens (tertiary/aromatic N) is 3. The Kier molecular flexibility index (Phi) is 4.89. The summed E-state index contributed by atoms with van der Waals surface area (Å²) in [5.41, 5.74) is 1.68. The number of halogens is 2. The van der Waals surface area contributed by atoms with Gasteiger partial charge in [0.05, 0.1) is 5.54 Å². The van der Waals surface area contributed by atoms with Crippen molar-refractivity contribution in [2.45, 2.75) is 43.9 Å². The fraction of sp³-hybridized carbons (Fsp3) is 0.375. The second kappa shape index (κ2) is 7.40. The van der Waals surface area contributed by atoms with Crippen molar-refractivity contribution in [1.29, 1.82) is 0 Å². The van der Waals surface area contributed by atoms with E-state index in [4.69, 9.17) is 0 Å². The maximum absolute atomic E-state index is 15.2. The van der Waals surface area contributed by atoms with Crippen LogP contribution in [-0.4, -0.2) is 26.9 Å². The third kappa shape index (κ3) is 3.23. The van der Waals surface area contributed by atoms with Gasteiger partial charge in [0.1, 0.15) is 5.52 Å². The zero-order valence-corrected chi connectivity index (χ0v) is 19.3. The van der Waals surface area contributed by atoms with Crippen LogP contribution in [0.15, 0.2) is 41.7 Å². The van der Waals surface area contributed by atoms with E-state index in [0.29, 0.717) is 22.6 Å². The Morgan fingerprint density at radius 3 is 2.84 bits per heavy atom. The lowest BCUT2D eigenvalue weighted by Gasteiger charge is -2.40. The van der Waals surface area contributed by atoms with Crippen LogP contribution in [-0.2, 0) is 5.54 Å². The zero-order valence-electron chi connectivity index (χ0n) is 18.5. The first-order chi connectivity index (χ1) is 15.3. The highest BCUT2D eigenvalue weighted by Crippen LogP contribution is 2.66. The smallest absolute Gasteiger partial charge is 0.164 e. The molecule has 3 heterocycles. The summed E-state index contributed by atoms with van der Waals surface area (Å²) < 4.78 is 30.0. The number of rotatable bonds is 4. The molecule has 0 amide bonds. The van der Waals surface area contributed by atoms with Crippen molar-refractivity contribution in [1.82, 2.24) is 15.3 Å². The van der Waals surface area contributed by atoms with Crippen molar-refractivity contribution in [3.8, 4) is 0 Å². The number of aryl methyl sites for hydroxylation is 1. The molecule has 2 unspecified atom stereocenters. The molecule has 0 bridgehead atoms. The van der Waals surface area contributed by atoms with E-state index in [9.17, 15) is 4.39 Å². The molecule has 2 N–H and O–H groups in total. The van der Waals surface area contributed by atoms with E-state index in [-0.39, 0.29) is 10.7 Å². The lowest BCUT2D eigenvalue weighted by atomic mass is 9.84. The van der Waals surface area contributed by atoms with Crippen LogP contribution in [0.1, 0.15) is 37.8 Å². The van der Waals surface area contributed by atoms with Crippen LogP contribution in [0.5, 0.6) is 0 Å². The average Bonchev–Trinajstić information content (AvgIpc) is 3.52. The number of amidine groups is 1. The fourth-order valence-electron chi connectivity index (χ4n) is 4.91. The number of hydrogen-bond donors (Lipinski definition) is 2. The second-order valence-corrected chi connectivity index (χ2v) is 10.2. The Balaban J connectivity index is 1.58. The van der Waals surface area contributed by atoms with E-state index in [1.165, 1.54) is 6.07 Å². The molecule has 2 aromatic heterocycles. The summed E-state index contributed by atoms with van der Waals surface area (Å²) in [4.78, 5) is 13.2. The topological polar surface area (TPSA) is 62.2 Å². The van der Waals surface area contributed by atoms with E-state index in [1.807, 2.05) is 26.0 Å². The minimum Gasteiger partial charge on any atom is -0.355 e. The lowest BCUT2D eigenvalue weighted by Crippen LogP contribution is -2.50. The van der Waals surface area contributed by atoms with E-state index in [0.717, 1.165) is 29.0 Å². The van der Waals surface area contributed by atoms with Crippen molar-refractivity contribution in [3.05, 3.63) is 59.4 Å². The van der Waals surface area contributed by atoms with Gasteiger partial charge in [-0.2, -0.15) is 0 Å². The molecule has 1 aliphatic heterocycles. The Morgan fingerprint density at radius 2 is 2.09 bits per heavy atom. The molecule has 1 saturated heterocycles. The maximum atomic E-state index is 15.2. The molecule has 32 heavy (non-hydrogen) atoms. The minimum atomic E-state index is -0.895. The molecule has 1 aromatic carbocycles. The summed E-state index contributed by atoms with van der Waals surface area (Å²) in [5, 5.41) is 8.25. The fourth-order valence-corrected chi connectivity index (χ4v) is 6.43. The van der Waals surface area contributed by atoms with Crippen LogP contribution in [0.3, 0.4) is 0 Å². The summed E-state index contributed by atoms with van der Waals surface area (Å²) in [6.07, 6.45) is 5.33. The van der Waals surface area contributed by atoms with Crippen LogP contribution >= 0.6 is 11.8 Å². The Morgan fingerprint density at radius 1 is 1.28 bits per heavy atom. The first kappa shape index (κ1) is 21.1. The largest absolute Gasteiger partial charge is 0.355 e. The summed E-state index contributed by atoms with van der Waals surface area (Å²) in [7, 11) is 1.72. The van der Waals surface area contributed by atoms with Crippen molar-refractivity contribution in [2.75, 3.05) is 12.4 Å². The Labute approximate surface area is 190 Å². The minimum absolute atomic E-state index is 0.0140. The van der Waals surface area contributed by atoms with Crippen LogP contribution in [0, 0.1) is 24.5 Å². The summed E-state index contributed by atoms with van der Waals surface area (Å²) >= 11 is 1.71. The third-order valence-electron chi connectivity index (χ3n) is 6.78. The Hall–Kier alpha value is -2.74. The molecule has 0 radical (unpaired) electrons. The molecule has 2 fully saturated rings. The Bertz CT molecular complexity index is 1260. The van der Waals surface area contributed by atoms with Gasteiger partial charge in [0.2, 0.25) is 0 Å². The molecule has 8 heteroatoms. The van der Waals surface area contributed by atoms with Crippen LogP contribution < -0.4 is 10.6 Å². The van der Waals surface area contributed by atoms with Crippen LogP contribution in [0.4, 0.5) is 20.3 Å². The molecule has 1 saturated carbocycles. The van der Waals surface area contributed by atoms with Crippen molar-refractivity contribution >= 4 is 39.3 Å². The van der Waals surface area contributed by atoms with E-state index >= 15 is 4.39 Å². The highest BCUT2D eigenvalue weighted by molar-refractivity contribution is 8.15. The van der Waals surface area contributed by atoms with Gasteiger partial charge in [0.25, 0.3) is 0 Å². The molecule has 166 valence electrons. The molecule has 3 aromatic rings. The molecule has 1 aliphatic carbocycles. The van der Waals surface area contributed by atoms with E-state index in [1.54, 1.807) is 37.3 Å². The quantitative estimate of drug-likeness (QED) is 0.533. The number of benzene rings is 1. The van der Waals surface area contributed by atoms with Gasteiger partial charge < -0.3 is 10.6 Å². The normalized spacial score (nSPS) is 27.8. The highest BCUT2D eigenvalue weighted by atomic mass is 32.2. The van der Waals surface area contributed by atoms with Gasteiger partial charge in [-0.05, 0) is 50.5 Å². The predicted molar refractivity (Wildman–Crippen MR) is 126 cm³/mol. The number of aliphatic imine (C=N–C) groups is 1. The number of pyridine rings is 2. The summed E-state index contributed by atoms with van der Waals surface area (Å²) in [6, 6.07) is 6.75. The van der Waals surface area contributed by atoms with E-state index in [2.05, 4.69) is 32.5 Å². The number of anilines is 2. The van der Waals surface area contributed by atoms with Gasteiger partial charge in [-0.1, -0.05) is 18.7 Å².